The molecule has 0 saturated carbocycles. The first-order valence-electron chi connectivity index (χ1n) is 4.52. The van der Waals surface area contributed by atoms with Crippen LogP contribution in [0.1, 0.15) is 17.4 Å². The largest absolute Gasteiger partial charge is 0.388 e. The topological polar surface area (TPSA) is 66.7 Å². The molecule has 0 radical (unpaired) electrons. The van der Waals surface area contributed by atoms with E-state index in [1.807, 2.05) is 0 Å². The third kappa shape index (κ3) is 2.19. The molecule has 1 unspecified atom stereocenters. The van der Waals surface area contributed by atoms with Crippen LogP contribution < -0.4 is 0 Å². The van der Waals surface area contributed by atoms with Gasteiger partial charge in [-0.25, -0.2) is 0 Å². The van der Waals surface area contributed by atoms with Crippen molar-refractivity contribution in [3.8, 4) is 0 Å². The smallest absolute Gasteiger partial charge is 0.126 e. The number of rotatable bonds is 3. The van der Waals surface area contributed by atoms with Gasteiger partial charge in [0, 0.05) is 25.2 Å². The molecule has 5 nitrogen and oxygen atoms in total. The lowest BCUT2D eigenvalue weighted by atomic mass is 10.1. The van der Waals surface area contributed by atoms with E-state index >= 15 is 0 Å². The Labute approximate surface area is 91.7 Å². The van der Waals surface area contributed by atoms with Gasteiger partial charge in [0.05, 0.1) is 18.0 Å². The van der Waals surface area contributed by atoms with Crippen LogP contribution in [-0.4, -0.2) is 25.1 Å². The monoisotopic (exact) mass is 226 g/mol. The van der Waals surface area contributed by atoms with E-state index in [0.717, 1.165) is 11.3 Å². The van der Waals surface area contributed by atoms with Crippen molar-refractivity contribution in [3.05, 3.63) is 34.9 Å². The molecule has 1 atom stereocenters. The number of aliphatic hydroxyl groups is 1. The van der Waals surface area contributed by atoms with E-state index in [2.05, 4.69) is 15.3 Å². The van der Waals surface area contributed by atoms with E-state index in [0.29, 0.717) is 11.6 Å². The van der Waals surface area contributed by atoms with Crippen LogP contribution in [0, 0.1) is 0 Å². The molecule has 0 aliphatic heterocycles. The van der Waals surface area contributed by atoms with Gasteiger partial charge in [0.1, 0.15) is 5.15 Å². The fourth-order valence-electron chi connectivity index (χ4n) is 1.36. The quantitative estimate of drug-likeness (QED) is 0.823. The molecule has 80 valence electrons. The molecule has 0 aromatic carbocycles. The van der Waals surface area contributed by atoms with Gasteiger partial charge in [-0.15, -0.1) is 0 Å². The van der Waals surface area contributed by atoms with Crippen LogP contribution in [0.15, 0.2) is 18.5 Å². The van der Waals surface area contributed by atoms with Gasteiger partial charge in [-0.2, -0.15) is 10.2 Å². The molecule has 0 aliphatic carbocycles. The minimum Gasteiger partial charge on any atom is -0.388 e. The summed E-state index contributed by atoms with van der Waals surface area (Å²) in [6, 6.07) is 1.74. The molecule has 2 aromatic rings. The second-order valence-corrected chi connectivity index (χ2v) is 3.72. The lowest BCUT2D eigenvalue weighted by Crippen LogP contribution is -2.01. The number of H-pyrrole nitrogens is 1. The van der Waals surface area contributed by atoms with Gasteiger partial charge in [0.15, 0.2) is 0 Å². The zero-order valence-corrected chi connectivity index (χ0v) is 8.94. The van der Waals surface area contributed by atoms with Crippen molar-refractivity contribution in [1.29, 1.82) is 0 Å². The van der Waals surface area contributed by atoms with E-state index in [1.54, 1.807) is 30.2 Å². The van der Waals surface area contributed by atoms with Crippen LogP contribution in [-0.2, 0) is 13.5 Å². The number of aromatic nitrogens is 4. The zero-order chi connectivity index (χ0) is 10.8. The highest BCUT2D eigenvalue weighted by Gasteiger charge is 2.12. The Morgan fingerprint density at radius 2 is 2.47 bits per heavy atom. The molecule has 0 amide bonds. The van der Waals surface area contributed by atoms with E-state index in [-0.39, 0.29) is 0 Å². The van der Waals surface area contributed by atoms with Gasteiger partial charge in [0.25, 0.3) is 0 Å². The Bertz CT molecular complexity index is 417. The van der Waals surface area contributed by atoms with E-state index in [4.69, 9.17) is 11.6 Å². The number of aliphatic hydroxyl groups excluding tert-OH is 1. The molecular formula is C9H11ClN4O. The SMILES string of the molecule is Cn1nc(CC(O)c2cn[nH]c2)cc1Cl. The summed E-state index contributed by atoms with van der Waals surface area (Å²) in [5, 5.41) is 20.9. The van der Waals surface area contributed by atoms with E-state index < -0.39 is 6.10 Å². The van der Waals surface area contributed by atoms with Crippen molar-refractivity contribution < 1.29 is 5.11 Å². The van der Waals surface area contributed by atoms with Crippen molar-refractivity contribution in [1.82, 2.24) is 20.0 Å². The highest BCUT2D eigenvalue weighted by molar-refractivity contribution is 6.29. The standard InChI is InChI=1S/C9H11ClN4O/c1-14-9(10)3-7(13-14)2-8(15)6-4-11-12-5-6/h3-5,8,15H,2H2,1H3,(H,11,12). The Hall–Kier alpha value is -1.33. The number of aryl methyl sites for hydroxylation is 1. The molecule has 0 aliphatic rings. The molecule has 2 heterocycles. The summed E-state index contributed by atoms with van der Waals surface area (Å²) in [5.41, 5.74) is 1.51. The van der Waals surface area contributed by atoms with Crippen LogP contribution >= 0.6 is 11.6 Å². The molecule has 2 aromatic heterocycles. The normalized spacial score (nSPS) is 13.0. The maximum atomic E-state index is 9.81. The summed E-state index contributed by atoms with van der Waals surface area (Å²) in [7, 11) is 1.76. The maximum Gasteiger partial charge on any atom is 0.126 e. The molecular weight excluding hydrogens is 216 g/mol. The number of nitrogens with one attached hydrogen (secondary N) is 1. The lowest BCUT2D eigenvalue weighted by Gasteiger charge is -2.04. The van der Waals surface area contributed by atoms with Crippen molar-refractivity contribution in [2.75, 3.05) is 0 Å². The van der Waals surface area contributed by atoms with Gasteiger partial charge in [-0.1, -0.05) is 11.6 Å². The number of hydrogen-bond acceptors (Lipinski definition) is 3. The molecule has 2 N–H and O–H groups in total. The Morgan fingerprint density at radius 1 is 1.67 bits per heavy atom. The highest BCUT2D eigenvalue weighted by Crippen LogP contribution is 2.18. The number of hydrogen-bond donors (Lipinski definition) is 2. The summed E-state index contributed by atoms with van der Waals surface area (Å²) in [6.07, 6.45) is 3.08. The van der Waals surface area contributed by atoms with Gasteiger partial charge in [-0.3, -0.25) is 9.78 Å². The number of aromatic amines is 1. The van der Waals surface area contributed by atoms with Crippen LogP contribution in [0.2, 0.25) is 5.15 Å². The number of halogens is 1. The Kier molecular flexibility index (Phi) is 2.75. The first-order valence-corrected chi connectivity index (χ1v) is 4.90. The van der Waals surface area contributed by atoms with E-state index in [9.17, 15) is 5.11 Å². The maximum absolute atomic E-state index is 9.81. The predicted octanol–water partition coefficient (Wildman–Crippen LogP) is 1.07. The average Bonchev–Trinajstić information content (AvgIpc) is 2.77. The molecule has 0 saturated heterocycles. The fourth-order valence-corrected chi connectivity index (χ4v) is 1.52. The first kappa shape index (κ1) is 10.2. The average molecular weight is 227 g/mol. The zero-order valence-electron chi connectivity index (χ0n) is 8.18. The molecule has 0 spiro atoms. The van der Waals surface area contributed by atoms with Crippen molar-refractivity contribution in [2.24, 2.45) is 7.05 Å². The molecule has 6 heteroatoms. The van der Waals surface area contributed by atoms with Gasteiger partial charge >= 0.3 is 0 Å². The van der Waals surface area contributed by atoms with Crippen molar-refractivity contribution in [2.45, 2.75) is 12.5 Å². The van der Waals surface area contributed by atoms with Gasteiger partial charge in [0.2, 0.25) is 0 Å². The van der Waals surface area contributed by atoms with Crippen molar-refractivity contribution in [3.63, 3.8) is 0 Å². The number of nitrogens with zero attached hydrogens (tertiary/aromatic N) is 3. The highest BCUT2D eigenvalue weighted by atomic mass is 35.5. The van der Waals surface area contributed by atoms with Crippen LogP contribution in [0.4, 0.5) is 0 Å². The summed E-state index contributed by atoms with van der Waals surface area (Å²) >= 11 is 5.84. The second kappa shape index (κ2) is 4.04. The molecule has 0 bridgehead atoms. The summed E-state index contributed by atoms with van der Waals surface area (Å²) in [4.78, 5) is 0. The third-order valence-corrected chi connectivity index (χ3v) is 2.53. The minimum absolute atomic E-state index is 0.431. The minimum atomic E-state index is -0.602. The fraction of sp³-hybridized carbons (Fsp3) is 0.333. The van der Waals surface area contributed by atoms with Crippen molar-refractivity contribution >= 4 is 11.6 Å². The molecule has 15 heavy (non-hydrogen) atoms. The second-order valence-electron chi connectivity index (χ2n) is 3.33. The summed E-state index contributed by atoms with van der Waals surface area (Å²) < 4.78 is 1.57. The third-order valence-electron chi connectivity index (χ3n) is 2.18. The predicted molar refractivity (Wildman–Crippen MR) is 55.5 cm³/mol. The Morgan fingerprint density at radius 3 is 3.00 bits per heavy atom. The molecule has 2 rings (SSSR count). The van der Waals surface area contributed by atoms with Gasteiger partial charge < -0.3 is 5.11 Å². The van der Waals surface area contributed by atoms with Crippen LogP contribution in [0.25, 0.3) is 0 Å². The Balaban J connectivity index is 2.09. The lowest BCUT2D eigenvalue weighted by molar-refractivity contribution is 0.177. The van der Waals surface area contributed by atoms with E-state index in [1.165, 1.54) is 0 Å². The summed E-state index contributed by atoms with van der Waals surface area (Å²) in [5.74, 6) is 0. The molecule has 0 fully saturated rings. The van der Waals surface area contributed by atoms with Crippen LogP contribution in [0.5, 0.6) is 0 Å². The van der Waals surface area contributed by atoms with Gasteiger partial charge in [-0.05, 0) is 6.07 Å². The first-order chi connectivity index (χ1) is 7.16. The van der Waals surface area contributed by atoms with Crippen LogP contribution in [0.3, 0.4) is 0 Å². The summed E-state index contributed by atoms with van der Waals surface area (Å²) in [6.45, 7) is 0.